The Balaban J connectivity index is 2.30. The predicted octanol–water partition coefficient (Wildman–Crippen LogP) is 2.32. The summed E-state index contributed by atoms with van der Waals surface area (Å²) in [5.74, 6) is 0. The Morgan fingerprint density at radius 2 is 2.06 bits per heavy atom. The van der Waals surface area contributed by atoms with Crippen LogP contribution in [0.5, 0.6) is 0 Å². The third kappa shape index (κ3) is 3.85. The molecule has 0 aromatic carbocycles. The van der Waals surface area contributed by atoms with Crippen LogP contribution >= 0.6 is 11.3 Å². The monoisotopic (exact) mass is 242 g/mol. The molecule has 1 rings (SSSR count). The standard InChI is InChI=1S/C12H22N2OS/c1-8(10(3)15-5)13-7-6-12-14-9(2)11(4)16-12/h8,10,13H,6-7H2,1-5H3. The molecule has 16 heavy (non-hydrogen) atoms. The summed E-state index contributed by atoms with van der Waals surface area (Å²) in [6.45, 7) is 9.38. The van der Waals surface area contributed by atoms with Crippen molar-refractivity contribution in [2.75, 3.05) is 13.7 Å². The summed E-state index contributed by atoms with van der Waals surface area (Å²) in [6.07, 6.45) is 1.25. The van der Waals surface area contributed by atoms with Crippen LogP contribution in [0.25, 0.3) is 0 Å². The van der Waals surface area contributed by atoms with Crippen molar-refractivity contribution >= 4 is 11.3 Å². The summed E-state index contributed by atoms with van der Waals surface area (Å²) in [5, 5.41) is 4.67. The second-order valence-electron chi connectivity index (χ2n) is 4.18. The zero-order valence-electron chi connectivity index (χ0n) is 10.8. The van der Waals surface area contributed by atoms with Crippen molar-refractivity contribution in [3.05, 3.63) is 15.6 Å². The van der Waals surface area contributed by atoms with Gasteiger partial charge < -0.3 is 10.1 Å². The van der Waals surface area contributed by atoms with E-state index in [1.807, 2.05) is 0 Å². The quantitative estimate of drug-likeness (QED) is 0.831. The Kier molecular flexibility index (Phi) is 5.38. The molecule has 0 aliphatic heterocycles. The fourth-order valence-corrected chi connectivity index (χ4v) is 2.36. The van der Waals surface area contributed by atoms with Gasteiger partial charge in [0, 0.05) is 31.0 Å². The van der Waals surface area contributed by atoms with E-state index in [0.717, 1.165) is 13.0 Å². The molecule has 0 spiro atoms. The summed E-state index contributed by atoms with van der Waals surface area (Å²) in [7, 11) is 1.75. The Bertz CT molecular complexity index is 305. The maximum Gasteiger partial charge on any atom is 0.0943 e. The number of aromatic nitrogens is 1. The van der Waals surface area contributed by atoms with Crippen LogP contribution in [-0.2, 0) is 11.2 Å². The molecule has 1 heterocycles. The zero-order valence-corrected chi connectivity index (χ0v) is 11.6. The van der Waals surface area contributed by atoms with Gasteiger partial charge in [-0.05, 0) is 27.7 Å². The number of methoxy groups -OCH3 is 1. The third-order valence-corrected chi connectivity index (χ3v) is 4.09. The molecule has 3 nitrogen and oxygen atoms in total. The van der Waals surface area contributed by atoms with Crippen LogP contribution in [0.3, 0.4) is 0 Å². The minimum absolute atomic E-state index is 0.250. The molecule has 92 valence electrons. The first-order valence-electron chi connectivity index (χ1n) is 5.73. The van der Waals surface area contributed by atoms with E-state index in [0.29, 0.717) is 6.04 Å². The smallest absolute Gasteiger partial charge is 0.0943 e. The Labute approximate surface area is 102 Å². The van der Waals surface area contributed by atoms with E-state index in [1.165, 1.54) is 15.6 Å². The lowest BCUT2D eigenvalue weighted by Gasteiger charge is -2.19. The molecule has 0 aliphatic carbocycles. The van der Waals surface area contributed by atoms with Crippen LogP contribution < -0.4 is 5.32 Å². The average Bonchev–Trinajstić information content (AvgIpc) is 2.57. The summed E-state index contributed by atoms with van der Waals surface area (Å²) in [5.41, 5.74) is 1.17. The maximum absolute atomic E-state index is 5.26. The van der Waals surface area contributed by atoms with Crippen LogP contribution in [0.4, 0.5) is 0 Å². The van der Waals surface area contributed by atoms with Crippen LogP contribution in [-0.4, -0.2) is 30.8 Å². The highest BCUT2D eigenvalue weighted by atomic mass is 32.1. The highest BCUT2D eigenvalue weighted by Crippen LogP contribution is 2.16. The Morgan fingerprint density at radius 1 is 1.38 bits per heavy atom. The van der Waals surface area contributed by atoms with Gasteiger partial charge in [0.05, 0.1) is 16.8 Å². The van der Waals surface area contributed by atoms with Crippen molar-refractivity contribution in [1.82, 2.24) is 10.3 Å². The van der Waals surface area contributed by atoms with E-state index in [1.54, 1.807) is 18.4 Å². The van der Waals surface area contributed by atoms with Gasteiger partial charge in [-0.25, -0.2) is 4.98 Å². The van der Waals surface area contributed by atoms with E-state index in [2.05, 4.69) is 38.0 Å². The van der Waals surface area contributed by atoms with Gasteiger partial charge >= 0.3 is 0 Å². The van der Waals surface area contributed by atoms with Crippen molar-refractivity contribution in [2.45, 2.75) is 46.3 Å². The van der Waals surface area contributed by atoms with Gasteiger partial charge in [-0.2, -0.15) is 0 Å². The number of nitrogens with one attached hydrogen (secondary N) is 1. The SMILES string of the molecule is COC(C)C(C)NCCc1nc(C)c(C)s1. The second-order valence-corrected chi connectivity index (χ2v) is 5.47. The van der Waals surface area contributed by atoms with E-state index >= 15 is 0 Å². The number of nitrogens with zero attached hydrogens (tertiary/aromatic N) is 1. The normalized spacial score (nSPS) is 15.1. The molecule has 2 unspecified atom stereocenters. The number of aryl methyl sites for hydroxylation is 2. The van der Waals surface area contributed by atoms with Crippen molar-refractivity contribution < 1.29 is 4.74 Å². The lowest BCUT2D eigenvalue weighted by molar-refractivity contribution is 0.0890. The summed E-state index contributed by atoms with van der Waals surface area (Å²) < 4.78 is 5.26. The predicted molar refractivity (Wildman–Crippen MR) is 69.2 cm³/mol. The molecule has 0 fully saturated rings. The highest BCUT2D eigenvalue weighted by molar-refractivity contribution is 7.11. The number of thiazole rings is 1. The van der Waals surface area contributed by atoms with Crippen molar-refractivity contribution in [2.24, 2.45) is 0 Å². The zero-order chi connectivity index (χ0) is 12.1. The van der Waals surface area contributed by atoms with Crippen LogP contribution in [0.1, 0.15) is 29.4 Å². The molecule has 1 N–H and O–H groups in total. The van der Waals surface area contributed by atoms with Gasteiger partial charge in [0.15, 0.2) is 0 Å². The average molecular weight is 242 g/mol. The molecule has 2 atom stereocenters. The minimum atomic E-state index is 0.250. The van der Waals surface area contributed by atoms with E-state index in [-0.39, 0.29) is 6.10 Å². The fraction of sp³-hybridized carbons (Fsp3) is 0.750. The lowest BCUT2D eigenvalue weighted by atomic mass is 10.2. The molecule has 0 aliphatic rings. The molecule has 0 saturated heterocycles. The highest BCUT2D eigenvalue weighted by Gasteiger charge is 2.10. The van der Waals surface area contributed by atoms with Gasteiger partial charge in [0.25, 0.3) is 0 Å². The summed E-state index contributed by atoms with van der Waals surface area (Å²) in [4.78, 5) is 5.85. The van der Waals surface area contributed by atoms with E-state index < -0.39 is 0 Å². The molecular weight excluding hydrogens is 220 g/mol. The maximum atomic E-state index is 5.26. The van der Waals surface area contributed by atoms with Gasteiger partial charge in [-0.1, -0.05) is 0 Å². The van der Waals surface area contributed by atoms with Gasteiger partial charge in [-0.15, -0.1) is 11.3 Å². The molecule has 0 saturated carbocycles. The van der Waals surface area contributed by atoms with Crippen molar-refractivity contribution in [3.8, 4) is 0 Å². The van der Waals surface area contributed by atoms with E-state index in [4.69, 9.17) is 4.74 Å². The molecule has 1 aromatic rings. The molecule has 1 aromatic heterocycles. The van der Waals surface area contributed by atoms with Crippen LogP contribution in [0.15, 0.2) is 0 Å². The fourth-order valence-electron chi connectivity index (χ4n) is 1.42. The first-order chi connectivity index (χ1) is 7.54. The minimum Gasteiger partial charge on any atom is -0.380 e. The molecule has 0 amide bonds. The number of ether oxygens (including phenoxy) is 1. The number of hydrogen-bond donors (Lipinski definition) is 1. The molecular formula is C12H22N2OS. The van der Waals surface area contributed by atoms with Crippen LogP contribution in [0.2, 0.25) is 0 Å². The first kappa shape index (κ1) is 13.6. The molecule has 0 bridgehead atoms. The number of rotatable bonds is 6. The summed E-state index contributed by atoms with van der Waals surface area (Å²) in [6, 6.07) is 0.382. The topological polar surface area (TPSA) is 34.1 Å². The first-order valence-corrected chi connectivity index (χ1v) is 6.55. The Hall–Kier alpha value is -0.450. The third-order valence-electron chi connectivity index (χ3n) is 2.95. The van der Waals surface area contributed by atoms with Gasteiger partial charge in [-0.3, -0.25) is 0 Å². The largest absolute Gasteiger partial charge is 0.380 e. The van der Waals surface area contributed by atoms with Crippen LogP contribution in [0, 0.1) is 13.8 Å². The van der Waals surface area contributed by atoms with E-state index in [9.17, 15) is 0 Å². The van der Waals surface area contributed by atoms with Gasteiger partial charge in [0.1, 0.15) is 0 Å². The van der Waals surface area contributed by atoms with Crippen molar-refractivity contribution in [3.63, 3.8) is 0 Å². The number of hydrogen-bond acceptors (Lipinski definition) is 4. The summed E-state index contributed by atoms with van der Waals surface area (Å²) >= 11 is 1.80. The Morgan fingerprint density at radius 3 is 2.56 bits per heavy atom. The molecule has 4 heteroatoms. The lowest BCUT2D eigenvalue weighted by Crippen LogP contribution is -2.37. The van der Waals surface area contributed by atoms with Crippen molar-refractivity contribution in [1.29, 1.82) is 0 Å². The molecule has 0 radical (unpaired) electrons. The second kappa shape index (κ2) is 6.33. The van der Waals surface area contributed by atoms with Gasteiger partial charge in [0.2, 0.25) is 0 Å².